The van der Waals surface area contributed by atoms with Crippen molar-refractivity contribution in [2.45, 2.75) is 104 Å². The molecule has 0 amide bonds. The third kappa shape index (κ3) is 20.9. The first kappa shape index (κ1) is 24.2. The van der Waals surface area contributed by atoms with Gasteiger partial charge in [0.05, 0.1) is 6.61 Å². The number of aliphatic carboxylic acids is 1. The molecule has 0 spiro atoms. The molecule has 0 unspecified atom stereocenters. The number of unbranched alkanes of at least 4 members (excludes halogenated alkanes) is 10. The first-order valence-corrected chi connectivity index (χ1v) is 9.04. The second kappa shape index (κ2) is 19.0. The minimum Gasteiger partial charge on any atom is -0.481 e. The molecule has 0 aromatic carbocycles. The minimum absolute atomic E-state index is 0. The van der Waals surface area contributed by atoms with E-state index in [9.17, 15) is 9.59 Å². The molecule has 0 rings (SSSR count). The van der Waals surface area contributed by atoms with Gasteiger partial charge in [0, 0.05) is 12.8 Å². The Bertz CT molecular complexity index is 277. The van der Waals surface area contributed by atoms with Crippen molar-refractivity contribution in [3.8, 4) is 0 Å². The number of carboxylic acids is 1. The molecule has 4 heteroatoms. The number of carbonyl (C=O) groups excluding carboxylic acids is 1. The number of rotatable bonds is 16. The van der Waals surface area contributed by atoms with E-state index in [0.29, 0.717) is 25.9 Å². The maximum Gasteiger partial charge on any atom is 0.305 e. The fourth-order valence-corrected chi connectivity index (χ4v) is 2.39. The molecular formula is C19H38O4. The maximum atomic E-state index is 11.4. The highest BCUT2D eigenvalue weighted by atomic mass is 16.5. The molecule has 0 radical (unpaired) electrons. The van der Waals surface area contributed by atoms with Crippen LogP contribution in [-0.2, 0) is 14.3 Å². The Balaban J connectivity index is 0. The molecule has 0 bridgehead atoms. The highest BCUT2D eigenvalue weighted by Crippen LogP contribution is 2.10. The average molecular weight is 331 g/mol. The standard InChI is InChI=1S/C18H34O4.CH4/c1-2-3-4-5-6-7-8-9-10-13-16-22-18(21)15-12-11-14-17(19)20;/h2-16H2,1H3,(H,19,20);1H4. The molecule has 0 aromatic heterocycles. The van der Waals surface area contributed by atoms with Gasteiger partial charge in [0.25, 0.3) is 0 Å². The van der Waals surface area contributed by atoms with Gasteiger partial charge in [-0.3, -0.25) is 9.59 Å². The van der Waals surface area contributed by atoms with Crippen molar-refractivity contribution in [1.29, 1.82) is 0 Å². The van der Waals surface area contributed by atoms with Crippen LogP contribution in [0.2, 0.25) is 0 Å². The van der Waals surface area contributed by atoms with Gasteiger partial charge in [0.1, 0.15) is 0 Å². The molecule has 0 aliphatic carbocycles. The number of hydrogen-bond donors (Lipinski definition) is 1. The number of hydrogen-bond acceptors (Lipinski definition) is 3. The van der Waals surface area contributed by atoms with Crippen molar-refractivity contribution >= 4 is 11.9 Å². The molecular weight excluding hydrogens is 292 g/mol. The molecule has 0 aliphatic rings. The highest BCUT2D eigenvalue weighted by Gasteiger charge is 2.03. The monoisotopic (exact) mass is 330 g/mol. The van der Waals surface area contributed by atoms with Gasteiger partial charge >= 0.3 is 11.9 Å². The van der Waals surface area contributed by atoms with Crippen LogP contribution in [0, 0.1) is 0 Å². The zero-order chi connectivity index (χ0) is 16.5. The summed E-state index contributed by atoms with van der Waals surface area (Å²) in [7, 11) is 0. The summed E-state index contributed by atoms with van der Waals surface area (Å²) in [5.41, 5.74) is 0. The Kier molecular flexibility index (Phi) is 20.0. The lowest BCUT2D eigenvalue weighted by molar-refractivity contribution is -0.144. The minimum atomic E-state index is -0.807. The van der Waals surface area contributed by atoms with Gasteiger partial charge in [-0.05, 0) is 19.3 Å². The summed E-state index contributed by atoms with van der Waals surface area (Å²) in [6, 6.07) is 0. The Morgan fingerprint density at radius 2 is 1.22 bits per heavy atom. The molecule has 0 heterocycles. The second-order valence-electron chi connectivity index (χ2n) is 6.00. The smallest absolute Gasteiger partial charge is 0.305 e. The predicted molar refractivity (Wildman–Crippen MR) is 95.6 cm³/mol. The molecule has 0 saturated carbocycles. The van der Waals surface area contributed by atoms with Crippen molar-refractivity contribution in [1.82, 2.24) is 0 Å². The van der Waals surface area contributed by atoms with Crippen LogP contribution in [0.1, 0.15) is 104 Å². The third-order valence-electron chi connectivity index (χ3n) is 3.78. The van der Waals surface area contributed by atoms with Crippen LogP contribution >= 0.6 is 0 Å². The fraction of sp³-hybridized carbons (Fsp3) is 0.895. The van der Waals surface area contributed by atoms with Crippen LogP contribution in [0.25, 0.3) is 0 Å². The first-order chi connectivity index (χ1) is 10.7. The lowest BCUT2D eigenvalue weighted by Crippen LogP contribution is -2.06. The van der Waals surface area contributed by atoms with Crippen molar-refractivity contribution < 1.29 is 19.4 Å². The Morgan fingerprint density at radius 3 is 1.74 bits per heavy atom. The number of esters is 1. The maximum absolute atomic E-state index is 11.4. The predicted octanol–water partition coefficient (Wildman–Crippen LogP) is 5.73. The molecule has 0 fully saturated rings. The Labute approximate surface area is 143 Å². The molecule has 0 atom stereocenters. The summed E-state index contributed by atoms with van der Waals surface area (Å²) in [5, 5.41) is 8.48. The van der Waals surface area contributed by atoms with Crippen molar-refractivity contribution in [2.24, 2.45) is 0 Å². The van der Waals surface area contributed by atoms with E-state index in [1.54, 1.807) is 0 Å². The third-order valence-corrected chi connectivity index (χ3v) is 3.78. The summed E-state index contributed by atoms with van der Waals surface area (Å²) in [6.45, 7) is 2.75. The summed E-state index contributed by atoms with van der Waals surface area (Å²) in [4.78, 5) is 21.7. The first-order valence-electron chi connectivity index (χ1n) is 9.04. The summed E-state index contributed by atoms with van der Waals surface area (Å²) < 4.78 is 5.13. The SMILES string of the molecule is C.CCCCCCCCCCCCOC(=O)CCCCC(=O)O. The van der Waals surface area contributed by atoms with Crippen LogP contribution in [-0.4, -0.2) is 23.7 Å². The van der Waals surface area contributed by atoms with E-state index in [0.717, 1.165) is 12.8 Å². The fourth-order valence-electron chi connectivity index (χ4n) is 2.39. The molecule has 138 valence electrons. The summed E-state index contributed by atoms with van der Waals surface area (Å²) in [5.74, 6) is -1.000. The Hall–Kier alpha value is -1.06. The van der Waals surface area contributed by atoms with Gasteiger partial charge < -0.3 is 9.84 Å². The zero-order valence-electron chi connectivity index (χ0n) is 14.3. The molecule has 4 nitrogen and oxygen atoms in total. The lowest BCUT2D eigenvalue weighted by Gasteiger charge is -2.05. The topological polar surface area (TPSA) is 63.6 Å². The van der Waals surface area contributed by atoms with Gasteiger partial charge in [-0.15, -0.1) is 0 Å². The highest BCUT2D eigenvalue weighted by molar-refractivity contribution is 5.69. The van der Waals surface area contributed by atoms with E-state index >= 15 is 0 Å². The normalized spacial score (nSPS) is 10.1. The van der Waals surface area contributed by atoms with Gasteiger partial charge in [0.15, 0.2) is 0 Å². The largest absolute Gasteiger partial charge is 0.481 e. The Morgan fingerprint density at radius 1 is 0.739 bits per heavy atom. The van der Waals surface area contributed by atoms with E-state index in [1.165, 1.54) is 51.4 Å². The van der Waals surface area contributed by atoms with E-state index in [1.807, 2.05) is 0 Å². The van der Waals surface area contributed by atoms with Crippen molar-refractivity contribution in [2.75, 3.05) is 6.61 Å². The number of carbonyl (C=O) groups is 2. The quantitative estimate of drug-likeness (QED) is 0.290. The van der Waals surface area contributed by atoms with Crippen LogP contribution in [0.5, 0.6) is 0 Å². The molecule has 1 N–H and O–H groups in total. The molecule has 0 aromatic rings. The van der Waals surface area contributed by atoms with Crippen LogP contribution < -0.4 is 0 Å². The molecule has 23 heavy (non-hydrogen) atoms. The van der Waals surface area contributed by atoms with Gasteiger partial charge in [0.2, 0.25) is 0 Å². The van der Waals surface area contributed by atoms with Crippen LogP contribution in [0.15, 0.2) is 0 Å². The second-order valence-corrected chi connectivity index (χ2v) is 6.00. The summed E-state index contributed by atoms with van der Waals surface area (Å²) >= 11 is 0. The van der Waals surface area contributed by atoms with Crippen LogP contribution in [0.4, 0.5) is 0 Å². The van der Waals surface area contributed by atoms with Crippen molar-refractivity contribution in [3.05, 3.63) is 0 Å². The van der Waals surface area contributed by atoms with E-state index in [-0.39, 0.29) is 19.8 Å². The van der Waals surface area contributed by atoms with Crippen molar-refractivity contribution in [3.63, 3.8) is 0 Å². The molecule has 0 aliphatic heterocycles. The van der Waals surface area contributed by atoms with E-state index in [2.05, 4.69) is 6.92 Å². The van der Waals surface area contributed by atoms with E-state index < -0.39 is 5.97 Å². The van der Waals surface area contributed by atoms with Gasteiger partial charge in [-0.2, -0.15) is 0 Å². The molecule has 0 saturated heterocycles. The number of carboxylic acid groups (broad SMARTS) is 1. The van der Waals surface area contributed by atoms with Gasteiger partial charge in [-0.25, -0.2) is 0 Å². The average Bonchev–Trinajstić information content (AvgIpc) is 2.49. The summed E-state index contributed by atoms with van der Waals surface area (Å²) in [6.07, 6.45) is 14.3. The van der Waals surface area contributed by atoms with Crippen LogP contribution in [0.3, 0.4) is 0 Å². The zero-order valence-corrected chi connectivity index (χ0v) is 14.3. The van der Waals surface area contributed by atoms with Gasteiger partial charge in [-0.1, -0.05) is 72.1 Å². The number of ether oxygens (including phenoxy) is 1. The van der Waals surface area contributed by atoms with E-state index in [4.69, 9.17) is 9.84 Å². The lowest BCUT2D eigenvalue weighted by atomic mass is 10.1.